The predicted octanol–water partition coefficient (Wildman–Crippen LogP) is 4.47. The maximum absolute atomic E-state index is 12.6. The number of benzene rings is 2. The smallest absolute Gasteiger partial charge is 0.266 e. The van der Waals surface area contributed by atoms with Crippen LogP contribution in [0.3, 0.4) is 0 Å². The Morgan fingerprint density at radius 3 is 2.48 bits per heavy atom. The molecule has 1 N–H and O–H groups in total. The molecule has 3 aromatic rings. The molecule has 0 fully saturated rings. The lowest BCUT2D eigenvalue weighted by Crippen LogP contribution is -2.30. The molecule has 1 atom stereocenters. The monoisotopic (exact) mass is 395 g/mol. The Kier molecular flexibility index (Phi) is 6.16. The Bertz CT molecular complexity index is 993. The number of nitrogens with zero attached hydrogens (tertiary/aromatic N) is 2. The van der Waals surface area contributed by atoms with Crippen LogP contribution in [0.5, 0.6) is 11.5 Å². The van der Waals surface area contributed by atoms with E-state index in [9.17, 15) is 4.79 Å². The molecule has 0 aliphatic rings. The van der Waals surface area contributed by atoms with Gasteiger partial charge in [-0.1, -0.05) is 6.07 Å². The van der Waals surface area contributed by atoms with E-state index >= 15 is 0 Å². The first-order valence-electron chi connectivity index (χ1n) is 9.49. The Labute approximate surface area is 170 Å². The van der Waals surface area contributed by atoms with E-state index in [1.807, 2.05) is 64.1 Å². The van der Waals surface area contributed by atoms with E-state index in [-0.39, 0.29) is 11.7 Å². The molecule has 0 spiro atoms. The SMILES string of the molecule is CCOc1ccc(-c2nonc2NC(=O)[C@@H](C)Oc2cc(C)cc(C)c2)cc1C. The number of hydrogen-bond donors (Lipinski definition) is 1. The van der Waals surface area contributed by atoms with E-state index in [2.05, 4.69) is 15.6 Å². The first-order chi connectivity index (χ1) is 13.9. The predicted molar refractivity (Wildman–Crippen MR) is 110 cm³/mol. The molecule has 2 aromatic carbocycles. The van der Waals surface area contributed by atoms with E-state index in [1.165, 1.54) is 0 Å². The van der Waals surface area contributed by atoms with Crippen molar-refractivity contribution in [1.82, 2.24) is 10.3 Å². The van der Waals surface area contributed by atoms with Crippen LogP contribution in [0.1, 0.15) is 30.5 Å². The fourth-order valence-corrected chi connectivity index (χ4v) is 3.05. The van der Waals surface area contributed by atoms with Crippen LogP contribution in [0.25, 0.3) is 11.3 Å². The number of carbonyl (C=O) groups is 1. The Hall–Kier alpha value is -3.35. The zero-order valence-corrected chi connectivity index (χ0v) is 17.3. The van der Waals surface area contributed by atoms with Crippen molar-refractivity contribution < 1.29 is 18.9 Å². The molecule has 0 aliphatic carbocycles. The average molecular weight is 395 g/mol. The molecule has 1 amide bonds. The molecular formula is C22H25N3O4. The van der Waals surface area contributed by atoms with Crippen LogP contribution in [0.4, 0.5) is 5.82 Å². The van der Waals surface area contributed by atoms with E-state index < -0.39 is 6.10 Å². The number of aryl methyl sites for hydroxylation is 3. The Morgan fingerprint density at radius 2 is 1.83 bits per heavy atom. The van der Waals surface area contributed by atoms with Gasteiger partial charge < -0.3 is 14.8 Å². The van der Waals surface area contributed by atoms with Gasteiger partial charge in [-0.15, -0.1) is 0 Å². The minimum Gasteiger partial charge on any atom is -0.494 e. The van der Waals surface area contributed by atoms with Gasteiger partial charge in [0.2, 0.25) is 5.82 Å². The third-order valence-corrected chi connectivity index (χ3v) is 4.36. The molecular weight excluding hydrogens is 370 g/mol. The highest BCUT2D eigenvalue weighted by Crippen LogP contribution is 2.29. The van der Waals surface area contributed by atoms with Crippen molar-refractivity contribution in [2.75, 3.05) is 11.9 Å². The van der Waals surface area contributed by atoms with Gasteiger partial charge >= 0.3 is 0 Å². The van der Waals surface area contributed by atoms with Crippen molar-refractivity contribution in [3.63, 3.8) is 0 Å². The summed E-state index contributed by atoms with van der Waals surface area (Å²) in [6.45, 7) is 10.1. The van der Waals surface area contributed by atoms with Crippen LogP contribution in [0, 0.1) is 20.8 Å². The number of aromatic nitrogens is 2. The molecule has 29 heavy (non-hydrogen) atoms. The fraction of sp³-hybridized carbons (Fsp3) is 0.318. The maximum Gasteiger partial charge on any atom is 0.266 e. The highest BCUT2D eigenvalue weighted by atomic mass is 16.6. The zero-order valence-electron chi connectivity index (χ0n) is 17.3. The van der Waals surface area contributed by atoms with Crippen molar-refractivity contribution in [3.8, 4) is 22.8 Å². The fourth-order valence-electron chi connectivity index (χ4n) is 3.05. The summed E-state index contributed by atoms with van der Waals surface area (Å²) in [5, 5.41) is 10.5. The molecule has 0 aliphatic heterocycles. The van der Waals surface area contributed by atoms with Gasteiger partial charge in [-0.3, -0.25) is 4.79 Å². The van der Waals surface area contributed by atoms with Gasteiger partial charge in [-0.2, -0.15) is 0 Å². The van der Waals surface area contributed by atoms with E-state index in [4.69, 9.17) is 14.1 Å². The third-order valence-electron chi connectivity index (χ3n) is 4.36. The minimum atomic E-state index is -0.720. The number of anilines is 1. The number of carbonyl (C=O) groups excluding carboxylic acids is 1. The van der Waals surface area contributed by atoms with Gasteiger partial charge in [0, 0.05) is 5.56 Å². The van der Waals surface area contributed by atoms with Crippen LogP contribution in [-0.2, 0) is 4.79 Å². The number of ether oxygens (including phenoxy) is 2. The van der Waals surface area contributed by atoms with Crippen molar-refractivity contribution in [2.45, 2.75) is 40.7 Å². The van der Waals surface area contributed by atoms with Crippen LogP contribution >= 0.6 is 0 Å². The first kappa shape index (κ1) is 20.4. The Morgan fingerprint density at radius 1 is 1.10 bits per heavy atom. The van der Waals surface area contributed by atoms with Crippen molar-refractivity contribution in [1.29, 1.82) is 0 Å². The molecule has 0 bridgehead atoms. The average Bonchev–Trinajstić information content (AvgIpc) is 3.10. The lowest BCUT2D eigenvalue weighted by Gasteiger charge is -2.15. The van der Waals surface area contributed by atoms with E-state index in [0.717, 1.165) is 28.0 Å². The largest absolute Gasteiger partial charge is 0.494 e. The Balaban J connectivity index is 1.73. The number of nitrogens with one attached hydrogen (secondary N) is 1. The van der Waals surface area contributed by atoms with Gasteiger partial charge in [-0.25, -0.2) is 4.63 Å². The number of hydrogen-bond acceptors (Lipinski definition) is 6. The summed E-state index contributed by atoms with van der Waals surface area (Å²) in [5.74, 6) is 1.35. The second kappa shape index (κ2) is 8.77. The van der Waals surface area contributed by atoms with Crippen molar-refractivity contribution >= 4 is 11.7 Å². The molecule has 1 heterocycles. The summed E-state index contributed by atoms with van der Waals surface area (Å²) < 4.78 is 16.2. The standard InChI is InChI=1S/C22H25N3O4/c1-6-27-19-8-7-17(12-15(19)4)20-21(25-29-24-20)23-22(26)16(5)28-18-10-13(2)9-14(3)11-18/h7-12,16H,6H2,1-5H3,(H,23,25,26)/t16-/m1/s1. The normalized spacial score (nSPS) is 11.8. The highest BCUT2D eigenvalue weighted by molar-refractivity contribution is 5.96. The maximum atomic E-state index is 12.6. The second-order valence-corrected chi connectivity index (χ2v) is 6.95. The van der Waals surface area contributed by atoms with E-state index in [1.54, 1.807) is 6.92 Å². The number of amides is 1. The molecule has 7 heteroatoms. The van der Waals surface area contributed by atoms with Crippen LogP contribution in [-0.4, -0.2) is 28.9 Å². The third kappa shape index (κ3) is 4.93. The molecule has 0 saturated heterocycles. The van der Waals surface area contributed by atoms with Crippen molar-refractivity contribution in [2.24, 2.45) is 0 Å². The van der Waals surface area contributed by atoms with Gasteiger partial charge in [0.05, 0.1) is 6.61 Å². The zero-order chi connectivity index (χ0) is 21.0. The van der Waals surface area contributed by atoms with Crippen molar-refractivity contribution in [3.05, 3.63) is 53.1 Å². The van der Waals surface area contributed by atoms with Gasteiger partial charge in [0.25, 0.3) is 5.91 Å². The van der Waals surface area contributed by atoms with Crippen LogP contribution in [0.2, 0.25) is 0 Å². The summed E-state index contributed by atoms with van der Waals surface area (Å²) >= 11 is 0. The molecule has 0 unspecified atom stereocenters. The lowest BCUT2D eigenvalue weighted by atomic mass is 10.1. The summed E-state index contributed by atoms with van der Waals surface area (Å²) in [7, 11) is 0. The molecule has 1 aromatic heterocycles. The van der Waals surface area contributed by atoms with Gasteiger partial charge in [0.1, 0.15) is 11.5 Å². The van der Waals surface area contributed by atoms with E-state index in [0.29, 0.717) is 18.1 Å². The molecule has 3 rings (SSSR count). The van der Waals surface area contributed by atoms with Gasteiger partial charge in [-0.05, 0) is 92.0 Å². The molecule has 7 nitrogen and oxygen atoms in total. The first-order valence-corrected chi connectivity index (χ1v) is 9.49. The summed E-state index contributed by atoms with van der Waals surface area (Å²) in [4.78, 5) is 12.6. The molecule has 0 radical (unpaired) electrons. The minimum absolute atomic E-state index is 0.245. The molecule has 152 valence electrons. The number of rotatable bonds is 7. The van der Waals surface area contributed by atoms with Gasteiger partial charge in [0.15, 0.2) is 11.8 Å². The summed E-state index contributed by atoms with van der Waals surface area (Å²) in [6.07, 6.45) is -0.720. The summed E-state index contributed by atoms with van der Waals surface area (Å²) in [5.41, 5.74) is 4.31. The molecule has 0 saturated carbocycles. The highest BCUT2D eigenvalue weighted by Gasteiger charge is 2.21. The second-order valence-electron chi connectivity index (χ2n) is 6.95. The quantitative estimate of drug-likeness (QED) is 0.635. The summed E-state index contributed by atoms with van der Waals surface area (Å²) in [6, 6.07) is 11.5. The van der Waals surface area contributed by atoms with Crippen LogP contribution in [0.15, 0.2) is 41.0 Å². The lowest BCUT2D eigenvalue weighted by molar-refractivity contribution is -0.122. The van der Waals surface area contributed by atoms with Crippen LogP contribution < -0.4 is 14.8 Å². The topological polar surface area (TPSA) is 86.5 Å².